The van der Waals surface area contributed by atoms with Gasteiger partial charge in [0.2, 0.25) is 0 Å². The van der Waals surface area contributed by atoms with Gasteiger partial charge in [-0.2, -0.15) is 0 Å². The lowest BCUT2D eigenvalue weighted by Crippen LogP contribution is -2.28. The maximum Gasteiger partial charge on any atom is 0.0622 e. The molecular formula is C13H27NO. The molecule has 0 radical (unpaired) electrons. The molecule has 2 N–H and O–H groups in total. The van der Waals surface area contributed by atoms with Crippen LogP contribution in [0.5, 0.6) is 0 Å². The monoisotopic (exact) mass is 213 g/mol. The highest BCUT2D eigenvalue weighted by Gasteiger charge is 2.26. The molecule has 0 saturated heterocycles. The third kappa shape index (κ3) is 4.12. The van der Waals surface area contributed by atoms with Gasteiger partial charge < -0.3 is 10.5 Å². The van der Waals surface area contributed by atoms with Crippen LogP contribution in [-0.2, 0) is 4.74 Å². The summed E-state index contributed by atoms with van der Waals surface area (Å²) in [6, 6.07) is 0. The van der Waals surface area contributed by atoms with Crippen LogP contribution in [0.1, 0.15) is 52.4 Å². The fourth-order valence-corrected chi connectivity index (χ4v) is 2.61. The van der Waals surface area contributed by atoms with Crippen LogP contribution < -0.4 is 5.73 Å². The lowest BCUT2D eigenvalue weighted by Gasteiger charge is -2.28. The molecule has 0 spiro atoms. The van der Waals surface area contributed by atoms with Gasteiger partial charge in [-0.25, -0.2) is 0 Å². The lowest BCUT2D eigenvalue weighted by molar-refractivity contribution is 0.00862. The Balaban J connectivity index is 2.33. The Kier molecular flexibility index (Phi) is 5.07. The number of nitrogens with two attached hydrogens (primary N) is 1. The second kappa shape index (κ2) is 5.86. The van der Waals surface area contributed by atoms with Gasteiger partial charge in [0.05, 0.1) is 5.60 Å². The quantitative estimate of drug-likeness (QED) is 0.736. The summed E-state index contributed by atoms with van der Waals surface area (Å²) >= 11 is 0. The third-order valence-electron chi connectivity index (χ3n) is 4.04. The molecule has 1 aliphatic carbocycles. The maximum absolute atomic E-state index is 5.88. The summed E-state index contributed by atoms with van der Waals surface area (Å²) in [5.41, 5.74) is 5.90. The van der Waals surface area contributed by atoms with E-state index in [0.717, 1.165) is 24.8 Å². The number of hydrogen-bond acceptors (Lipinski definition) is 2. The van der Waals surface area contributed by atoms with Crippen molar-refractivity contribution >= 4 is 0 Å². The molecule has 15 heavy (non-hydrogen) atoms. The standard InChI is InChI=1S/C13H27NO/c1-13(2,15-3)9-8-12(10-14)11-6-4-5-7-11/h11-12H,4-10,14H2,1-3H3. The van der Waals surface area contributed by atoms with E-state index >= 15 is 0 Å². The number of rotatable bonds is 6. The van der Waals surface area contributed by atoms with Crippen LogP contribution in [0.15, 0.2) is 0 Å². The smallest absolute Gasteiger partial charge is 0.0622 e. The molecule has 90 valence electrons. The van der Waals surface area contributed by atoms with Crippen molar-refractivity contribution in [2.45, 2.75) is 58.0 Å². The molecule has 2 heteroatoms. The van der Waals surface area contributed by atoms with Crippen LogP contribution in [-0.4, -0.2) is 19.3 Å². The van der Waals surface area contributed by atoms with Gasteiger partial charge in [-0.1, -0.05) is 25.7 Å². The van der Waals surface area contributed by atoms with Crippen LogP contribution in [0, 0.1) is 11.8 Å². The van der Waals surface area contributed by atoms with Crippen molar-refractivity contribution in [3.05, 3.63) is 0 Å². The second-order valence-corrected chi connectivity index (χ2v) is 5.54. The first-order valence-corrected chi connectivity index (χ1v) is 6.34. The summed E-state index contributed by atoms with van der Waals surface area (Å²) in [5.74, 6) is 1.62. The van der Waals surface area contributed by atoms with E-state index in [2.05, 4.69) is 13.8 Å². The van der Waals surface area contributed by atoms with E-state index in [9.17, 15) is 0 Å². The zero-order valence-corrected chi connectivity index (χ0v) is 10.6. The molecule has 1 atom stereocenters. The van der Waals surface area contributed by atoms with Gasteiger partial charge in [0.1, 0.15) is 0 Å². The highest BCUT2D eigenvalue weighted by molar-refractivity contribution is 4.79. The zero-order chi connectivity index (χ0) is 11.3. The Bertz CT molecular complexity index is 173. The second-order valence-electron chi connectivity index (χ2n) is 5.54. The van der Waals surface area contributed by atoms with Crippen molar-refractivity contribution in [2.24, 2.45) is 17.6 Å². The van der Waals surface area contributed by atoms with Crippen LogP contribution in [0.2, 0.25) is 0 Å². The first-order valence-electron chi connectivity index (χ1n) is 6.34. The predicted octanol–water partition coefficient (Wildman–Crippen LogP) is 2.96. The topological polar surface area (TPSA) is 35.2 Å². The average Bonchev–Trinajstić information content (AvgIpc) is 2.72. The van der Waals surface area contributed by atoms with Crippen molar-refractivity contribution < 1.29 is 4.74 Å². The largest absolute Gasteiger partial charge is 0.379 e. The fraction of sp³-hybridized carbons (Fsp3) is 1.00. The minimum atomic E-state index is 0.0199. The van der Waals surface area contributed by atoms with Gasteiger partial charge in [0.15, 0.2) is 0 Å². The molecule has 1 fully saturated rings. The van der Waals surface area contributed by atoms with Crippen LogP contribution in [0.4, 0.5) is 0 Å². The Morgan fingerprint density at radius 2 is 1.93 bits per heavy atom. The van der Waals surface area contributed by atoms with E-state index in [1.54, 1.807) is 7.11 Å². The number of ether oxygens (including phenoxy) is 1. The summed E-state index contributed by atoms with van der Waals surface area (Å²) in [4.78, 5) is 0. The molecule has 0 aromatic carbocycles. The first-order chi connectivity index (χ1) is 7.09. The molecule has 1 unspecified atom stereocenters. The summed E-state index contributed by atoms with van der Waals surface area (Å²) in [5, 5.41) is 0. The average molecular weight is 213 g/mol. The Hall–Kier alpha value is -0.0800. The minimum absolute atomic E-state index is 0.0199. The molecule has 1 saturated carbocycles. The van der Waals surface area contributed by atoms with Crippen molar-refractivity contribution in [1.82, 2.24) is 0 Å². The lowest BCUT2D eigenvalue weighted by atomic mass is 9.84. The molecule has 1 aliphatic rings. The summed E-state index contributed by atoms with van der Waals surface area (Å²) < 4.78 is 5.45. The third-order valence-corrected chi connectivity index (χ3v) is 4.04. The summed E-state index contributed by atoms with van der Waals surface area (Å²) in [6.07, 6.45) is 7.97. The van der Waals surface area contributed by atoms with E-state index in [4.69, 9.17) is 10.5 Å². The van der Waals surface area contributed by atoms with Crippen molar-refractivity contribution in [3.8, 4) is 0 Å². The van der Waals surface area contributed by atoms with Crippen LogP contribution in [0.25, 0.3) is 0 Å². The molecule has 0 amide bonds. The predicted molar refractivity (Wildman–Crippen MR) is 64.8 cm³/mol. The molecule has 0 aliphatic heterocycles. The Labute approximate surface area is 94.6 Å². The zero-order valence-electron chi connectivity index (χ0n) is 10.6. The van der Waals surface area contributed by atoms with Crippen molar-refractivity contribution in [3.63, 3.8) is 0 Å². The number of hydrogen-bond donors (Lipinski definition) is 1. The molecular weight excluding hydrogens is 186 g/mol. The van der Waals surface area contributed by atoms with E-state index in [1.807, 2.05) is 0 Å². The molecule has 0 aromatic rings. The van der Waals surface area contributed by atoms with E-state index in [1.165, 1.54) is 32.1 Å². The van der Waals surface area contributed by atoms with Crippen LogP contribution >= 0.6 is 0 Å². The molecule has 1 rings (SSSR count). The minimum Gasteiger partial charge on any atom is -0.379 e. The van der Waals surface area contributed by atoms with Gasteiger partial charge in [-0.3, -0.25) is 0 Å². The highest BCUT2D eigenvalue weighted by Crippen LogP contribution is 2.34. The number of methoxy groups -OCH3 is 1. The summed E-state index contributed by atoms with van der Waals surface area (Å²) in [7, 11) is 1.80. The highest BCUT2D eigenvalue weighted by atomic mass is 16.5. The van der Waals surface area contributed by atoms with Crippen molar-refractivity contribution in [2.75, 3.05) is 13.7 Å². The van der Waals surface area contributed by atoms with E-state index < -0.39 is 0 Å². The van der Waals surface area contributed by atoms with E-state index in [0.29, 0.717) is 0 Å². The fourth-order valence-electron chi connectivity index (χ4n) is 2.61. The summed E-state index contributed by atoms with van der Waals surface area (Å²) in [6.45, 7) is 5.18. The van der Waals surface area contributed by atoms with Crippen LogP contribution in [0.3, 0.4) is 0 Å². The molecule has 0 aromatic heterocycles. The van der Waals surface area contributed by atoms with Crippen molar-refractivity contribution in [1.29, 1.82) is 0 Å². The van der Waals surface area contributed by atoms with Gasteiger partial charge >= 0.3 is 0 Å². The molecule has 2 nitrogen and oxygen atoms in total. The normalized spacial score (nSPS) is 20.8. The molecule has 0 bridgehead atoms. The van der Waals surface area contributed by atoms with Gasteiger partial charge in [-0.15, -0.1) is 0 Å². The first kappa shape index (κ1) is 13.0. The van der Waals surface area contributed by atoms with Gasteiger partial charge in [-0.05, 0) is 45.1 Å². The maximum atomic E-state index is 5.88. The Morgan fingerprint density at radius 3 is 2.40 bits per heavy atom. The SMILES string of the molecule is COC(C)(C)CCC(CN)C1CCCC1. The van der Waals surface area contributed by atoms with Gasteiger partial charge in [0, 0.05) is 7.11 Å². The van der Waals surface area contributed by atoms with Gasteiger partial charge in [0.25, 0.3) is 0 Å². The Morgan fingerprint density at radius 1 is 1.33 bits per heavy atom. The van der Waals surface area contributed by atoms with E-state index in [-0.39, 0.29) is 5.60 Å². The molecule has 0 heterocycles.